The van der Waals surface area contributed by atoms with E-state index in [2.05, 4.69) is 5.10 Å². The third kappa shape index (κ3) is 3.96. The van der Waals surface area contributed by atoms with Gasteiger partial charge in [-0.05, 0) is 48.5 Å². The molecule has 2 heterocycles. The van der Waals surface area contributed by atoms with Gasteiger partial charge in [-0.1, -0.05) is 11.6 Å². The average Bonchev–Trinajstić information content (AvgIpc) is 3.30. The standard InChI is InChI=1S/C20H18ClFN4O3S/c21-18-14-17(6-7-19(18)22)30(28,29)25-12-10-24(11-13-25)20(27)15-2-4-16(5-3-15)26-9-1-8-23-26/h1-9,14H,10-13H2. The van der Waals surface area contributed by atoms with Gasteiger partial charge in [0.15, 0.2) is 0 Å². The average molecular weight is 449 g/mol. The quantitative estimate of drug-likeness (QED) is 0.615. The Morgan fingerprint density at radius 1 is 1.03 bits per heavy atom. The second-order valence-corrected chi connectivity index (χ2v) is 9.11. The van der Waals surface area contributed by atoms with Gasteiger partial charge in [-0.2, -0.15) is 9.40 Å². The predicted molar refractivity (Wildman–Crippen MR) is 110 cm³/mol. The summed E-state index contributed by atoms with van der Waals surface area (Å²) in [6, 6.07) is 12.2. The van der Waals surface area contributed by atoms with Gasteiger partial charge in [0.1, 0.15) is 5.82 Å². The minimum atomic E-state index is -3.81. The van der Waals surface area contributed by atoms with Crippen LogP contribution in [0.1, 0.15) is 10.4 Å². The van der Waals surface area contributed by atoms with Gasteiger partial charge >= 0.3 is 0 Å². The molecule has 7 nitrogen and oxygen atoms in total. The lowest BCUT2D eigenvalue weighted by Crippen LogP contribution is -2.50. The van der Waals surface area contributed by atoms with Crippen molar-refractivity contribution in [1.29, 1.82) is 0 Å². The van der Waals surface area contributed by atoms with Crippen LogP contribution in [-0.4, -0.2) is 59.5 Å². The van der Waals surface area contributed by atoms with Crippen LogP contribution < -0.4 is 0 Å². The monoisotopic (exact) mass is 448 g/mol. The van der Waals surface area contributed by atoms with Crippen LogP contribution in [0.5, 0.6) is 0 Å². The smallest absolute Gasteiger partial charge is 0.253 e. The molecule has 0 bridgehead atoms. The summed E-state index contributed by atoms with van der Waals surface area (Å²) in [5, 5.41) is 3.90. The van der Waals surface area contributed by atoms with Gasteiger partial charge in [-0.25, -0.2) is 17.5 Å². The molecule has 156 valence electrons. The van der Waals surface area contributed by atoms with Crippen molar-refractivity contribution >= 4 is 27.5 Å². The maximum absolute atomic E-state index is 13.3. The van der Waals surface area contributed by atoms with Crippen LogP contribution in [0.25, 0.3) is 5.69 Å². The molecule has 1 fully saturated rings. The molecule has 0 aliphatic carbocycles. The summed E-state index contributed by atoms with van der Waals surface area (Å²) in [7, 11) is -3.81. The maximum atomic E-state index is 13.3. The normalized spacial score (nSPS) is 15.3. The molecule has 0 atom stereocenters. The Bertz CT molecular complexity index is 1160. The molecule has 1 aliphatic heterocycles. The van der Waals surface area contributed by atoms with Crippen molar-refractivity contribution in [3.05, 3.63) is 77.3 Å². The second kappa shape index (κ2) is 8.17. The highest BCUT2D eigenvalue weighted by Gasteiger charge is 2.30. The highest BCUT2D eigenvalue weighted by molar-refractivity contribution is 7.89. The van der Waals surface area contributed by atoms with Crippen LogP contribution >= 0.6 is 11.6 Å². The van der Waals surface area contributed by atoms with Crippen molar-refractivity contribution in [3.63, 3.8) is 0 Å². The Hall–Kier alpha value is -2.75. The number of rotatable bonds is 4. The lowest BCUT2D eigenvalue weighted by atomic mass is 10.1. The minimum Gasteiger partial charge on any atom is -0.336 e. The fraction of sp³-hybridized carbons (Fsp3) is 0.200. The number of nitrogens with zero attached hydrogens (tertiary/aromatic N) is 4. The number of carbonyl (C=O) groups is 1. The van der Waals surface area contributed by atoms with Gasteiger partial charge in [0.2, 0.25) is 10.0 Å². The zero-order valence-corrected chi connectivity index (χ0v) is 17.4. The molecule has 3 aromatic rings. The molecule has 1 saturated heterocycles. The molecule has 30 heavy (non-hydrogen) atoms. The fourth-order valence-corrected chi connectivity index (χ4v) is 4.97. The molecule has 10 heteroatoms. The van der Waals surface area contributed by atoms with Crippen LogP contribution in [0.2, 0.25) is 5.02 Å². The SMILES string of the molecule is O=C(c1ccc(-n2cccn2)cc1)N1CCN(S(=O)(=O)c2ccc(F)c(Cl)c2)CC1. The highest BCUT2D eigenvalue weighted by atomic mass is 35.5. The second-order valence-electron chi connectivity index (χ2n) is 6.77. The van der Waals surface area contributed by atoms with Gasteiger partial charge in [-0.15, -0.1) is 0 Å². The van der Waals surface area contributed by atoms with E-state index in [1.807, 2.05) is 12.3 Å². The molecule has 0 radical (unpaired) electrons. The number of benzene rings is 2. The van der Waals surface area contributed by atoms with Crippen LogP contribution in [-0.2, 0) is 10.0 Å². The maximum Gasteiger partial charge on any atom is 0.253 e. The van der Waals surface area contributed by atoms with Crippen LogP contribution in [0.4, 0.5) is 4.39 Å². The van der Waals surface area contributed by atoms with Crippen molar-refractivity contribution < 1.29 is 17.6 Å². The molecule has 0 N–H and O–H groups in total. The molecule has 1 aromatic heterocycles. The number of aromatic nitrogens is 2. The van der Waals surface area contributed by atoms with E-state index in [9.17, 15) is 17.6 Å². The van der Waals surface area contributed by atoms with Gasteiger partial charge in [0.05, 0.1) is 15.6 Å². The van der Waals surface area contributed by atoms with Crippen LogP contribution in [0.15, 0.2) is 65.8 Å². The van der Waals surface area contributed by atoms with Crippen LogP contribution in [0, 0.1) is 5.82 Å². The summed E-state index contributed by atoms with van der Waals surface area (Å²) >= 11 is 5.72. The summed E-state index contributed by atoms with van der Waals surface area (Å²) in [6.45, 7) is 0.810. The lowest BCUT2D eigenvalue weighted by molar-refractivity contribution is 0.0698. The molecule has 0 saturated carbocycles. The zero-order chi connectivity index (χ0) is 21.3. The van der Waals surface area contributed by atoms with E-state index in [0.29, 0.717) is 5.56 Å². The Labute approximate surface area is 178 Å². The van der Waals surface area contributed by atoms with Crippen molar-refractivity contribution in [2.24, 2.45) is 0 Å². The largest absolute Gasteiger partial charge is 0.336 e. The third-order valence-corrected chi connectivity index (χ3v) is 7.12. The molecule has 0 unspecified atom stereocenters. The van der Waals surface area contributed by atoms with E-state index in [0.717, 1.165) is 17.8 Å². The van der Waals surface area contributed by atoms with Gasteiger partial charge in [0, 0.05) is 44.1 Å². The van der Waals surface area contributed by atoms with Gasteiger partial charge in [-0.3, -0.25) is 4.79 Å². The number of carbonyl (C=O) groups excluding carboxylic acids is 1. The van der Waals surface area contributed by atoms with E-state index in [-0.39, 0.29) is 42.0 Å². The summed E-state index contributed by atoms with van der Waals surface area (Å²) in [5.41, 5.74) is 1.36. The molecule has 1 amide bonds. The Morgan fingerprint density at radius 2 is 1.73 bits per heavy atom. The zero-order valence-electron chi connectivity index (χ0n) is 15.8. The number of halogens is 2. The van der Waals surface area contributed by atoms with E-state index in [1.165, 1.54) is 10.4 Å². The Morgan fingerprint density at radius 3 is 2.33 bits per heavy atom. The molecule has 4 rings (SSSR count). The molecular weight excluding hydrogens is 431 g/mol. The summed E-state index contributed by atoms with van der Waals surface area (Å²) < 4.78 is 41.9. The van der Waals surface area contributed by atoms with E-state index >= 15 is 0 Å². The van der Waals surface area contributed by atoms with Crippen molar-refractivity contribution in [3.8, 4) is 5.69 Å². The third-order valence-electron chi connectivity index (χ3n) is 4.94. The van der Waals surface area contributed by atoms with Gasteiger partial charge < -0.3 is 4.90 Å². The first-order valence-corrected chi connectivity index (χ1v) is 11.0. The number of hydrogen-bond acceptors (Lipinski definition) is 4. The van der Waals surface area contributed by atoms with E-state index < -0.39 is 15.8 Å². The van der Waals surface area contributed by atoms with Crippen molar-refractivity contribution in [2.45, 2.75) is 4.90 Å². The first kappa shape index (κ1) is 20.5. The van der Waals surface area contributed by atoms with Crippen molar-refractivity contribution in [1.82, 2.24) is 19.0 Å². The van der Waals surface area contributed by atoms with Gasteiger partial charge in [0.25, 0.3) is 5.91 Å². The van der Waals surface area contributed by atoms with E-state index in [1.54, 1.807) is 40.0 Å². The van der Waals surface area contributed by atoms with Crippen molar-refractivity contribution in [2.75, 3.05) is 26.2 Å². The molecule has 0 spiro atoms. The molecule has 1 aliphatic rings. The first-order valence-electron chi connectivity index (χ1n) is 9.21. The molecular formula is C20H18ClFN4O3S. The lowest BCUT2D eigenvalue weighted by Gasteiger charge is -2.34. The minimum absolute atomic E-state index is 0.0668. The summed E-state index contributed by atoms with van der Waals surface area (Å²) in [4.78, 5) is 14.3. The highest BCUT2D eigenvalue weighted by Crippen LogP contribution is 2.23. The summed E-state index contributed by atoms with van der Waals surface area (Å²) in [6.07, 6.45) is 3.48. The van der Waals surface area contributed by atoms with Crippen LogP contribution in [0.3, 0.4) is 0 Å². The predicted octanol–water partition coefficient (Wildman–Crippen LogP) is 2.81. The number of sulfonamides is 1. The Kier molecular flexibility index (Phi) is 5.59. The number of hydrogen-bond donors (Lipinski definition) is 0. The molecule has 2 aromatic carbocycles. The number of piperazine rings is 1. The Balaban J connectivity index is 1.42. The fourth-order valence-electron chi connectivity index (χ4n) is 3.28. The van der Waals surface area contributed by atoms with E-state index in [4.69, 9.17) is 11.6 Å². The topological polar surface area (TPSA) is 75.5 Å². The number of amides is 1. The first-order chi connectivity index (χ1) is 14.4. The summed E-state index contributed by atoms with van der Waals surface area (Å²) in [5.74, 6) is -0.839.